The van der Waals surface area contributed by atoms with E-state index in [9.17, 15) is 7.61 Å². The molecule has 0 amide bonds. The summed E-state index contributed by atoms with van der Waals surface area (Å²) in [5.74, 6) is 0. The standard InChI is InChI=1S/2Al.9O.3Zr. The van der Waals surface area contributed by atoms with Crippen LogP contribution in [-0.4, -0.2) is 31.0 Å². The van der Waals surface area contributed by atoms with Crippen molar-refractivity contribution in [2.24, 2.45) is 0 Å². The van der Waals surface area contributed by atoms with Gasteiger partial charge in [-0.3, -0.25) is 0 Å². The zero-order valence-corrected chi connectivity index (χ0v) is 16.0. The van der Waals surface area contributed by atoms with Crippen LogP contribution in [0.25, 0.3) is 0 Å². The molecule has 0 radical (unpaired) electrons. The Bertz CT molecular complexity index is 182. The molecular formula is Al2O9Zr3. The molecule has 0 aromatic carbocycles. The van der Waals surface area contributed by atoms with Crippen LogP contribution in [0.4, 0.5) is 0 Å². The third kappa shape index (κ3) is 151. The monoisotopic (exact) mass is 468 g/mol. The van der Waals surface area contributed by atoms with Gasteiger partial charge in [-0.1, -0.05) is 0 Å². The molecule has 0 saturated heterocycles. The van der Waals surface area contributed by atoms with Crippen molar-refractivity contribution < 1.29 is 97.1 Å². The van der Waals surface area contributed by atoms with Gasteiger partial charge in [-0.25, -0.2) is 0 Å². The Balaban J connectivity index is -0.0000000495. The van der Waals surface area contributed by atoms with Crippen molar-refractivity contribution >= 4 is 31.0 Å². The molecule has 0 N–H and O–H groups in total. The van der Waals surface area contributed by atoms with E-state index in [1.165, 1.54) is 0 Å². The number of hydrogen-bond donors (Lipinski definition) is 0. The summed E-state index contributed by atoms with van der Waals surface area (Å²) in [6, 6.07) is 0. The first kappa shape index (κ1) is 24.9. The van der Waals surface area contributed by atoms with Crippen molar-refractivity contribution in [1.82, 2.24) is 0 Å². The van der Waals surface area contributed by atoms with E-state index < -0.39 is 101 Å². The summed E-state index contributed by atoms with van der Waals surface area (Å²) >= 11 is -9.29. The minimum atomic E-state index is -2.27. The molecule has 72 valence electrons. The fourth-order valence-electron chi connectivity index (χ4n) is 0.0227. The molecule has 14 heavy (non-hydrogen) atoms. The van der Waals surface area contributed by atoms with Crippen LogP contribution in [0.5, 0.6) is 0 Å². The fraction of sp³-hybridized carbons (Fsp3) is 0. The normalized spacial score (nSPS) is 3.14. The molecule has 0 unspecified atom stereocenters. The van der Waals surface area contributed by atoms with Gasteiger partial charge in [0, 0.05) is 0 Å². The molecule has 0 atom stereocenters. The average Bonchev–Trinajstić information content (AvgIpc) is 2.09. The van der Waals surface area contributed by atoms with Gasteiger partial charge in [-0.15, -0.1) is 0 Å². The van der Waals surface area contributed by atoms with E-state index in [2.05, 4.69) is 2.84 Å². The predicted octanol–water partition coefficient (Wildman–Crippen LogP) is -1.79. The summed E-state index contributed by atoms with van der Waals surface area (Å²) in [4.78, 5) is 0. The third-order valence-corrected chi connectivity index (χ3v) is 1.00. The molecule has 9 nitrogen and oxygen atoms in total. The topological polar surface area (TPSA) is 146 Å². The van der Waals surface area contributed by atoms with E-state index in [1.54, 1.807) is 0 Å². The van der Waals surface area contributed by atoms with Gasteiger partial charge in [-0.2, -0.15) is 0 Å². The first-order valence-electron chi connectivity index (χ1n) is 2.17. The Morgan fingerprint density at radius 2 is 0.786 bits per heavy atom. The van der Waals surface area contributed by atoms with E-state index in [0.29, 0.717) is 0 Å². The van der Waals surface area contributed by atoms with E-state index in [1.807, 2.05) is 0 Å². The van der Waals surface area contributed by atoms with Gasteiger partial charge in [0.15, 0.2) is 0 Å². The second-order valence-corrected chi connectivity index (χ2v) is 3.28. The van der Waals surface area contributed by atoms with Gasteiger partial charge in [0.05, 0.1) is 0 Å². The average molecular weight is 472 g/mol. The molecule has 0 aromatic heterocycles. The molecule has 0 bridgehead atoms. The van der Waals surface area contributed by atoms with Gasteiger partial charge in [0.25, 0.3) is 0 Å². The van der Waals surface area contributed by atoms with E-state index in [4.69, 9.17) is 16.9 Å². The molecule has 0 rings (SSSR count). The van der Waals surface area contributed by atoms with Crippen LogP contribution in [0, 0.1) is 0 Å². The van der Waals surface area contributed by atoms with Crippen LogP contribution in [0.15, 0.2) is 0 Å². The molecule has 0 aliphatic heterocycles. The van der Waals surface area contributed by atoms with Crippen molar-refractivity contribution in [3.05, 3.63) is 0 Å². The van der Waals surface area contributed by atoms with Crippen molar-refractivity contribution in [1.29, 1.82) is 0 Å². The SMILES string of the molecule is [O]=[Al][O][Al]=[O].[O]=[Zr]=[O].[O]=[Zr]=[O].[O]=[Zr]=[O]. The molecule has 0 heterocycles. The van der Waals surface area contributed by atoms with Crippen molar-refractivity contribution in [3.63, 3.8) is 0 Å². The molecule has 0 fully saturated rings. The molecule has 0 saturated carbocycles. The van der Waals surface area contributed by atoms with Crippen LogP contribution < -0.4 is 0 Å². The first-order chi connectivity index (χ1) is 6.66. The molecule has 0 spiro atoms. The maximum absolute atomic E-state index is 9.21. The Morgan fingerprint density at radius 1 is 0.643 bits per heavy atom. The second-order valence-electron chi connectivity index (χ2n) is 0.579. The number of hydrogen-bond acceptors (Lipinski definition) is 9. The maximum atomic E-state index is 9.21. The molecule has 0 aromatic rings. The molecule has 0 aliphatic rings. The number of rotatable bonds is 2. The minimum absolute atomic E-state index is 1.24. The quantitative estimate of drug-likeness (QED) is 0.426. The summed E-state index contributed by atoms with van der Waals surface area (Å²) in [7, 11) is 0. The van der Waals surface area contributed by atoms with Crippen molar-refractivity contribution in [2.45, 2.75) is 0 Å². The van der Waals surface area contributed by atoms with Gasteiger partial charge in [-0.05, 0) is 0 Å². The third-order valence-electron chi connectivity index (χ3n) is 0.111. The molecule has 0 aliphatic carbocycles. The van der Waals surface area contributed by atoms with E-state index in [0.717, 1.165) is 0 Å². The first-order valence-corrected chi connectivity index (χ1v) is 10.1. The Labute approximate surface area is 126 Å². The van der Waals surface area contributed by atoms with Crippen LogP contribution in [0.2, 0.25) is 0 Å². The molecular weight excluding hydrogens is 472 g/mol. The van der Waals surface area contributed by atoms with Gasteiger partial charge in [0.1, 0.15) is 0 Å². The Hall–Kier alpha value is 1.91. The van der Waals surface area contributed by atoms with Crippen LogP contribution in [-0.2, 0) is 97.1 Å². The summed E-state index contributed by atoms with van der Waals surface area (Å²) in [6.45, 7) is 0. The van der Waals surface area contributed by atoms with Crippen LogP contribution in [0.3, 0.4) is 0 Å². The zero-order valence-electron chi connectivity index (χ0n) is 6.33. The van der Waals surface area contributed by atoms with E-state index >= 15 is 0 Å². The van der Waals surface area contributed by atoms with Gasteiger partial charge >= 0.3 is 128 Å². The predicted molar refractivity (Wildman–Crippen MR) is 18.1 cm³/mol. The molecule has 14 heteroatoms. The van der Waals surface area contributed by atoms with E-state index in [-0.39, 0.29) is 0 Å². The summed E-state index contributed by atoms with van der Waals surface area (Å²) in [6.07, 6.45) is 0. The zero-order chi connectivity index (χ0) is 12.2. The Morgan fingerprint density at radius 3 is 0.786 bits per heavy atom. The van der Waals surface area contributed by atoms with Crippen LogP contribution in [0.1, 0.15) is 0 Å². The van der Waals surface area contributed by atoms with Crippen molar-refractivity contribution in [3.8, 4) is 0 Å². The van der Waals surface area contributed by atoms with Gasteiger partial charge < -0.3 is 0 Å². The second kappa shape index (κ2) is 46.1. The van der Waals surface area contributed by atoms with Crippen LogP contribution >= 0.6 is 0 Å². The fourth-order valence-corrected chi connectivity index (χ4v) is 0.204. The Kier molecular flexibility index (Phi) is 82.1. The summed E-state index contributed by atoms with van der Waals surface area (Å²) in [5.41, 5.74) is 0. The van der Waals surface area contributed by atoms with Crippen molar-refractivity contribution in [2.75, 3.05) is 0 Å². The van der Waals surface area contributed by atoms with Gasteiger partial charge in [0.2, 0.25) is 0 Å². The summed E-state index contributed by atoms with van der Waals surface area (Å²) < 4.78 is 73.6. The summed E-state index contributed by atoms with van der Waals surface area (Å²) in [5, 5.41) is 0.